The van der Waals surface area contributed by atoms with Gasteiger partial charge in [-0.2, -0.15) is 13.2 Å². The predicted octanol–water partition coefficient (Wildman–Crippen LogP) is 2.74. The van der Waals surface area contributed by atoms with E-state index in [0.29, 0.717) is 11.3 Å². The SMILES string of the molecule is COC(=O)C[C@@H]1COc2ccc(C(F)(F)F)cc21. The minimum atomic E-state index is -4.40. The van der Waals surface area contributed by atoms with Crippen molar-refractivity contribution in [1.29, 1.82) is 0 Å². The van der Waals surface area contributed by atoms with Crippen LogP contribution in [0.3, 0.4) is 0 Å². The Morgan fingerprint density at radius 1 is 1.50 bits per heavy atom. The van der Waals surface area contributed by atoms with E-state index in [1.165, 1.54) is 13.2 Å². The number of esters is 1. The summed E-state index contributed by atoms with van der Waals surface area (Å²) in [5.41, 5.74) is -0.322. The van der Waals surface area contributed by atoms with Crippen molar-refractivity contribution in [2.45, 2.75) is 18.5 Å². The van der Waals surface area contributed by atoms with Crippen molar-refractivity contribution in [2.75, 3.05) is 13.7 Å². The molecule has 0 spiro atoms. The Morgan fingerprint density at radius 2 is 2.22 bits per heavy atom. The van der Waals surface area contributed by atoms with Crippen LogP contribution in [0.15, 0.2) is 18.2 Å². The number of methoxy groups -OCH3 is 1. The summed E-state index contributed by atoms with van der Waals surface area (Å²) in [7, 11) is 1.24. The monoisotopic (exact) mass is 260 g/mol. The van der Waals surface area contributed by atoms with Crippen molar-refractivity contribution in [3.05, 3.63) is 29.3 Å². The summed E-state index contributed by atoms with van der Waals surface area (Å²) in [6, 6.07) is 3.30. The molecule has 1 aromatic rings. The highest BCUT2D eigenvalue weighted by Crippen LogP contribution is 2.40. The molecule has 1 atom stereocenters. The second kappa shape index (κ2) is 4.51. The largest absolute Gasteiger partial charge is 0.493 e. The van der Waals surface area contributed by atoms with Crippen LogP contribution in [0.4, 0.5) is 13.2 Å². The van der Waals surface area contributed by atoms with Crippen LogP contribution in [0, 0.1) is 0 Å². The third kappa shape index (κ3) is 2.42. The summed E-state index contributed by atoms with van der Waals surface area (Å²) < 4.78 is 47.5. The Balaban J connectivity index is 2.28. The number of benzene rings is 1. The molecule has 0 bridgehead atoms. The van der Waals surface area contributed by atoms with Crippen LogP contribution in [0.25, 0.3) is 0 Å². The molecule has 0 aromatic heterocycles. The van der Waals surface area contributed by atoms with Crippen molar-refractivity contribution in [1.82, 2.24) is 0 Å². The van der Waals surface area contributed by atoms with Gasteiger partial charge in [0.25, 0.3) is 0 Å². The van der Waals surface area contributed by atoms with Gasteiger partial charge in [-0.15, -0.1) is 0 Å². The highest BCUT2D eigenvalue weighted by molar-refractivity contribution is 5.71. The fourth-order valence-electron chi connectivity index (χ4n) is 1.91. The first-order valence-electron chi connectivity index (χ1n) is 5.32. The van der Waals surface area contributed by atoms with Crippen molar-refractivity contribution in [2.24, 2.45) is 0 Å². The second-order valence-electron chi connectivity index (χ2n) is 4.04. The number of carbonyl (C=O) groups excluding carboxylic acids is 1. The molecule has 18 heavy (non-hydrogen) atoms. The Kier molecular flexibility index (Phi) is 3.19. The first kappa shape index (κ1) is 12.7. The molecule has 1 aromatic carbocycles. The van der Waals surface area contributed by atoms with Crippen LogP contribution in [-0.4, -0.2) is 19.7 Å². The van der Waals surface area contributed by atoms with Gasteiger partial charge in [-0.3, -0.25) is 4.79 Å². The first-order valence-corrected chi connectivity index (χ1v) is 5.32. The smallest absolute Gasteiger partial charge is 0.416 e. The Hall–Kier alpha value is -1.72. The summed E-state index contributed by atoms with van der Waals surface area (Å²) >= 11 is 0. The molecule has 1 heterocycles. The van der Waals surface area contributed by atoms with Gasteiger partial charge in [-0.1, -0.05) is 0 Å². The maximum absolute atomic E-state index is 12.6. The zero-order valence-corrected chi connectivity index (χ0v) is 9.58. The average Bonchev–Trinajstić information content (AvgIpc) is 2.70. The summed E-state index contributed by atoms with van der Waals surface area (Å²) in [4.78, 5) is 11.2. The third-order valence-electron chi connectivity index (χ3n) is 2.86. The molecular weight excluding hydrogens is 249 g/mol. The van der Waals surface area contributed by atoms with Gasteiger partial charge in [0.15, 0.2) is 0 Å². The molecule has 0 aliphatic carbocycles. The van der Waals surface area contributed by atoms with Crippen LogP contribution >= 0.6 is 0 Å². The molecule has 3 nitrogen and oxygen atoms in total. The molecule has 6 heteroatoms. The van der Waals surface area contributed by atoms with E-state index in [4.69, 9.17) is 4.74 Å². The second-order valence-corrected chi connectivity index (χ2v) is 4.04. The maximum atomic E-state index is 12.6. The number of hydrogen-bond donors (Lipinski definition) is 0. The molecule has 0 N–H and O–H groups in total. The van der Waals surface area contributed by atoms with Crippen molar-refractivity contribution in [3.8, 4) is 5.75 Å². The molecule has 2 rings (SSSR count). The van der Waals surface area contributed by atoms with E-state index in [0.717, 1.165) is 12.1 Å². The Bertz CT molecular complexity index is 468. The summed E-state index contributed by atoms with van der Waals surface area (Å²) in [5, 5.41) is 0. The van der Waals surface area contributed by atoms with Crippen molar-refractivity contribution < 1.29 is 27.4 Å². The molecule has 0 fully saturated rings. The fraction of sp³-hybridized carbons (Fsp3) is 0.417. The highest BCUT2D eigenvalue weighted by Gasteiger charge is 2.34. The van der Waals surface area contributed by atoms with Crippen LogP contribution in [-0.2, 0) is 15.7 Å². The Labute approximate surface area is 102 Å². The van der Waals surface area contributed by atoms with Crippen LogP contribution in [0.5, 0.6) is 5.75 Å². The number of ether oxygens (including phenoxy) is 2. The van der Waals surface area contributed by atoms with E-state index < -0.39 is 17.7 Å². The van der Waals surface area contributed by atoms with Crippen LogP contribution < -0.4 is 4.74 Å². The third-order valence-corrected chi connectivity index (χ3v) is 2.86. The number of halogens is 3. The van der Waals surface area contributed by atoms with Crippen LogP contribution in [0.2, 0.25) is 0 Å². The number of fused-ring (bicyclic) bond motifs is 1. The number of carbonyl (C=O) groups is 1. The molecule has 0 saturated carbocycles. The highest BCUT2D eigenvalue weighted by atomic mass is 19.4. The van der Waals surface area contributed by atoms with E-state index in [2.05, 4.69) is 4.74 Å². The molecular formula is C12H11F3O3. The minimum absolute atomic E-state index is 0.0187. The Morgan fingerprint density at radius 3 is 2.83 bits per heavy atom. The van der Waals surface area contributed by atoms with Crippen molar-refractivity contribution >= 4 is 5.97 Å². The average molecular weight is 260 g/mol. The molecule has 1 aliphatic rings. The number of alkyl halides is 3. The van der Waals surface area contributed by atoms with Gasteiger partial charge in [0.05, 0.1) is 25.7 Å². The topological polar surface area (TPSA) is 35.5 Å². The lowest BCUT2D eigenvalue weighted by atomic mass is 9.96. The normalized spacial score (nSPS) is 18.1. The standard InChI is InChI=1S/C12H11F3O3/c1-17-11(16)4-7-6-18-10-3-2-8(5-9(7)10)12(13,14)15/h2-3,5,7H,4,6H2,1H3/t7-/m1/s1. The van der Waals surface area contributed by atoms with E-state index in [1.807, 2.05) is 0 Å². The van der Waals surface area contributed by atoms with Crippen molar-refractivity contribution in [3.63, 3.8) is 0 Å². The number of hydrogen-bond acceptors (Lipinski definition) is 3. The van der Waals surface area contributed by atoms with Gasteiger partial charge in [0.1, 0.15) is 5.75 Å². The van der Waals surface area contributed by atoms with E-state index in [1.54, 1.807) is 0 Å². The van der Waals surface area contributed by atoms with Gasteiger partial charge in [0, 0.05) is 11.5 Å². The molecule has 0 unspecified atom stereocenters. The lowest BCUT2D eigenvalue weighted by Crippen LogP contribution is -2.10. The summed E-state index contributed by atoms with van der Waals surface area (Å²) in [6.45, 7) is 0.200. The van der Waals surface area contributed by atoms with E-state index in [-0.39, 0.29) is 18.9 Å². The molecule has 1 aliphatic heterocycles. The predicted molar refractivity (Wildman–Crippen MR) is 56.3 cm³/mol. The molecule has 0 saturated heterocycles. The zero-order valence-electron chi connectivity index (χ0n) is 9.58. The van der Waals surface area contributed by atoms with Gasteiger partial charge in [-0.25, -0.2) is 0 Å². The zero-order chi connectivity index (χ0) is 13.3. The van der Waals surface area contributed by atoms with Gasteiger partial charge < -0.3 is 9.47 Å². The number of rotatable bonds is 2. The molecule has 0 radical (unpaired) electrons. The van der Waals surface area contributed by atoms with Gasteiger partial charge in [-0.05, 0) is 18.2 Å². The lowest BCUT2D eigenvalue weighted by Gasteiger charge is -2.10. The van der Waals surface area contributed by atoms with Crippen LogP contribution in [0.1, 0.15) is 23.5 Å². The quantitative estimate of drug-likeness (QED) is 0.767. The fourth-order valence-corrected chi connectivity index (χ4v) is 1.91. The maximum Gasteiger partial charge on any atom is 0.416 e. The van der Waals surface area contributed by atoms with Gasteiger partial charge in [0.2, 0.25) is 0 Å². The first-order chi connectivity index (χ1) is 8.41. The lowest BCUT2D eigenvalue weighted by molar-refractivity contribution is -0.141. The molecule has 0 amide bonds. The molecule has 98 valence electrons. The van der Waals surface area contributed by atoms with E-state index in [9.17, 15) is 18.0 Å². The van der Waals surface area contributed by atoms with E-state index >= 15 is 0 Å². The van der Waals surface area contributed by atoms with Gasteiger partial charge >= 0.3 is 12.1 Å². The summed E-state index contributed by atoms with van der Waals surface area (Å²) in [6.07, 6.45) is -4.38. The summed E-state index contributed by atoms with van der Waals surface area (Å²) in [5.74, 6) is -0.444. The minimum Gasteiger partial charge on any atom is -0.493 e.